The standard InChI is InChI=1S/C23H28F3NO4S.C22H28N2O5S/c24-23(25,26)31-19-4-1-2-5-20(19)32(29,30)27-22(6-3-7-22)21(28)13-18-16-9-14-8-15(11-16)12-17(18)10-14;25-21(13-20-16-9-14-8-15(11-16)12-17(20)10-14)22(6-1-7-22)23-30(28,29)19-4-2-18(3-5-19)24(26)27/h1-2,4-5,14-18,27H,3,6-13H2;2-5,14-17,20,23H,1,6-13H2. The molecule has 2 aromatic rings. The summed E-state index contributed by atoms with van der Waals surface area (Å²) in [6.07, 6.45) is 11.5. The van der Waals surface area contributed by atoms with E-state index in [0.29, 0.717) is 80.5 Å². The molecule has 0 atom stereocenters. The van der Waals surface area contributed by atoms with Gasteiger partial charge in [-0.15, -0.1) is 13.2 Å². The first-order valence-corrected chi connectivity index (χ1v) is 25.5. The molecule has 0 aliphatic heterocycles. The molecule has 0 heterocycles. The van der Waals surface area contributed by atoms with Crippen LogP contribution in [0.4, 0.5) is 18.9 Å². The molecule has 8 bridgehead atoms. The molecule has 62 heavy (non-hydrogen) atoms. The lowest BCUT2D eigenvalue weighted by Crippen LogP contribution is -2.60. The molecule has 10 fully saturated rings. The Labute approximate surface area is 361 Å². The number of nitrogens with zero attached hydrogens (tertiary/aromatic N) is 1. The van der Waals surface area contributed by atoms with Crippen LogP contribution in [-0.2, 0) is 29.6 Å². The van der Waals surface area contributed by atoms with Gasteiger partial charge in [-0.05, 0) is 186 Å². The van der Waals surface area contributed by atoms with Crippen LogP contribution < -0.4 is 14.2 Å². The quantitative estimate of drug-likeness (QED) is 0.139. The average molecular weight is 904 g/mol. The van der Waals surface area contributed by atoms with Crippen molar-refractivity contribution in [2.45, 2.75) is 143 Å². The average Bonchev–Trinajstić information content (AvgIpc) is 3.16. The summed E-state index contributed by atoms with van der Waals surface area (Å²) in [4.78, 5) is 36.4. The van der Waals surface area contributed by atoms with Gasteiger partial charge in [0.25, 0.3) is 5.69 Å². The topological polar surface area (TPSA) is 179 Å². The smallest absolute Gasteiger partial charge is 0.404 e. The predicted molar refractivity (Wildman–Crippen MR) is 220 cm³/mol. The number of nitro benzene ring substituents is 1. The molecule has 0 spiro atoms. The van der Waals surface area contributed by atoms with Crippen LogP contribution in [0.15, 0.2) is 58.3 Å². The predicted octanol–water partition coefficient (Wildman–Crippen LogP) is 8.65. The fourth-order valence-corrected chi connectivity index (χ4v) is 16.8. The van der Waals surface area contributed by atoms with Gasteiger partial charge in [-0.1, -0.05) is 12.1 Å². The van der Waals surface area contributed by atoms with E-state index in [2.05, 4.69) is 14.2 Å². The van der Waals surface area contributed by atoms with Crippen molar-refractivity contribution in [1.29, 1.82) is 0 Å². The first-order chi connectivity index (χ1) is 29.3. The van der Waals surface area contributed by atoms with Gasteiger partial charge in [0.15, 0.2) is 11.6 Å². The van der Waals surface area contributed by atoms with E-state index in [9.17, 15) is 49.7 Å². The molecule has 0 saturated heterocycles. The number of nitro groups is 1. The van der Waals surface area contributed by atoms with Crippen molar-refractivity contribution < 1.29 is 49.3 Å². The van der Waals surface area contributed by atoms with Gasteiger partial charge in [0.2, 0.25) is 20.0 Å². The maximum atomic E-state index is 13.4. The third-order valence-electron chi connectivity index (χ3n) is 16.5. The lowest BCUT2D eigenvalue weighted by Gasteiger charge is -2.55. The Morgan fingerprint density at radius 2 is 1.05 bits per heavy atom. The highest BCUT2D eigenvalue weighted by Gasteiger charge is 2.54. The Hall–Kier alpha value is -3.41. The number of nitrogens with one attached hydrogen (secondary N) is 2. The van der Waals surface area contributed by atoms with Crippen molar-refractivity contribution >= 4 is 37.3 Å². The van der Waals surface area contributed by atoms with E-state index in [1.807, 2.05) is 0 Å². The molecule has 12 rings (SSSR count). The van der Waals surface area contributed by atoms with Gasteiger partial charge in [0.1, 0.15) is 10.6 Å². The highest BCUT2D eigenvalue weighted by atomic mass is 32.2. The molecule has 2 aromatic carbocycles. The van der Waals surface area contributed by atoms with Crippen LogP contribution in [0.5, 0.6) is 5.75 Å². The molecular formula is C45H56F3N3O9S2. The SMILES string of the molecule is O=C(CC1C2CC3CC(C2)CC1C3)C1(NS(=O)(=O)c2ccc([N+](=O)[O-])cc2)CCC1.O=C(CC1C2CC3CC(C2)CC1C3)C1(NS(=O)(=O)c2ccccc2OC(F)(F)F)CCC1. The molecular weight excluding hydrogens is 848 g/mol. The number of halogens is 3. The van der Waals surface area contributed by atoms with Crippen LogP contribution in [0, 0.1) is 69.3 Å². The Bertz CT molecular complexity index is 2240. The summed E-state index contributed by atoms with van der Waals surface area (Å²) in [5.41, 5.74) is -2.39. The maximum absolute atomic E-state index is 13.4. The van der Waals surface area contributed by atoms with Gasteiger partial charge < -0.3 is 4.74 Å². The molecule has 10 saturated carbocycles. The van der Waals surface area contributed by atoms with Gasteiger partial charge in [-0.25, -0.2) is 16.8 Å². The lowest BCUT2D eigenvalue weighted by molar-refractivity contribution is -0.384. The Balaban J connectivity index is 0.000000158. The van der Waals surface area contributed by atoms with Crippen LogP contribution in [0.25, 0.3) is 0 Å². The van der Waals surface area contributed by atoms with Crippen molar-refractivity contribution in [1.82, 2.24) is 9.44 Å². The molecule has 0 amide bonds. The fourth-order valence-electron chi connectivity index (χ4n) is 13.8. The number of carbonyl (C=O) groups excluding carboxylic acids is 2. The number of ketones is 2. The van der Waals surface area contributed by atoms with Crippen molar-refractivity contribution in [2.75, 3.05) is 0 Å². The number of hydrogen-bond donors (Lipinski definition) is 2. The molecule has 0 aromatic heterocycles. The zero-order valence-electron chi connectivity index (χ0n) is 34.7. The minimum absolute atomic E-state index is 0.0386. The number of sulfonamides is 2. The number of rotatable bonds is 14. The molecule has 17 heteroatoms. The number of hydrogen-bond acceptors (Lipinski definition) is 9. The number of carbonyl (C=O) groups is 2. The molecule has 12 nitrogen and oxygen atoms in total. The number of para-hydroxylation sites is 1. The second kappa shape index (κ2) is 16.2. The van der Waals surface area contributed by atoms with Gasteiger partial charge in [-0.3, -0.25) is 19.7 Å². The van der Waals surface area contributed by atoms with E-state index in [4.69, 9.17) is 0 Å². The largest absolute Gasteiger partial charge is 0.573 e. The van der Waals surface area contributed by atoms with Gasteiger partial charge in [0, 0.05) is 25.0 Å². The number of benzene rings is 2. The molecule has 338 valence electrons. The van der Waals surface area contributed by atoms with E-state index < -0.39 is 53.1 Å². The third-order valence-corrected chi connectivity index (χ3v) is 19.7. The van der Waals surface area contributed by atoms with E-state index in [-0.39, 0.29) is 22.1 Å². The van der Waals surface area contributed by atoms with Crippen LogP contribution in [0.1, 0.15) is 116 Å². The summed E-state index contributed by atoms with van der Waals surface area (Å²) < 4.78 is 99.4. The van der Waals surface area contributed by atoms with Crippen LogP contribution >= 0.6 is 0 Å². The van der Waals surface area contributed by atoms with E-state index in [1.165, 1.54) is 101 Å². The van der Waals surface area contributed by atoms with Crippen molar-refractivity contribution in [2.24, 2.45) is 59.2 Å². The molecule has 0 radical (unpaired) electrons. The lowest BCUT2D eigenvalue weighted by atomic mass is 9.50. The van der Waals surface area contributed by atoms with Crippen molar-refractivity contribution in [3.05, 3.63) is 58.6 Å². The second-order valence-electron chi connectivity index (χ2n) is 20.3. The van der Waals surface area contributed by atoms with E-state index >= 15 is 0 Å². The highest BCUT2D eigenvalue weighted by Crippen LogP contribution is 2.59. The Morgan fingerprint density at radius 1 is 0.645 bits per heavy atom. The van der Waals surface area contributed by atoms with Gasteiger partial charge >= 0.3 is 6.36 Å². The first kappa shape index (κ1) is 43.8. The normalized spacial score (nSPS) is 33.4. The monoisotopic (exact) mass is 903 g/mol. The third kappa shape index (κ3) is 8.60. The molecule has 10 aliphatic carbocycles. The summed E-state index contributed by atoms with van der Waals surface area (Å²) in [6, 6.07) is 9.46. The number of alkyl halides is 3. The number of Topliss-reactive ketones (excluding diaryl/α,β-unsaturated/α-hetero) is 2. The second-order valence-corrected chi connectivity index (χ2v) is 23.6. The van der Waals surface area contributed by atoms with Crippen LogP contribution in [0.2, 0.25) is 0 Å². The van der Waals surface area contributed by atoms with Crippen molar-refractivity contribution in [3.63, 3.8) is 0 Å². The van der Waals surface area contributed by atoms with E-state index in [0.717, 1.165) is 42.2 Å². The Morgan fingerprint density at radius 3 is 1.42 bits per heavy atom. The molecule has 10 aliphatic rings. The summed E-state index contributed by atoms with van der Waals surface area (Å²) in [5, 5.41) is 10.8. The maximum Gasteiger partial charge on any atom is 0.573 e. The zero-order valence-corrected chi connectivity index (χ0v) is 36.3. The summed E-state index contributed by atoms with van der Waals surface area (Å²) in [5.74, 6) is 5.46. The minimum Gasteiger partial charge on any atom is -0.404 e. The zero-order chi connectivity index (χ0) is 43.8. The van der Waals surface area contributed by atoms with Gasteiger partial charge in [-0.2, -0.15) is 9.44 Å². The van der Waals surface area contributed by atoms with Gasteiger partial charge in [0.05, 0.1) is 20.9 Å². The number of non-ortho nitro benzene ring substituents is 1. The van der Waals surface area contributed by atoms with Crippen LogP contribution in [-0.4, -0.2) is 50.8 Å². The summed E-state index contributed by atoms with van der Waals surface area (Å²) in [7, 11) is -8.30. The van der Waals surface area contributed by atoms with Crippen molar-refractivity contribution in [3.8, 4) is 5.75 Å². The van der Waals surface area contributed by atoms with E-state index in [1.54, 1.807) is 0 Å². The number of ether oxygens (including phenoxy) is 1. The highest BCUT2D eigenvalue weighted by molar-refractivity contribution is 7.90. The van der Waals surface area contributed by atoms with Crippen LogP contribution in [0.3, 0.4) is 0 Å². The summed E-state index contributed by atoms with van der Waals surface area (Å²) >= 11 is 0. The minimum atomic E-state index is -5.02. The summed E-state index contributed by atoms with van der Waals surface area (Å²) in [6.45, 7) is 0. The Kier molecular flexibility index (Phi) is 11.5. The first-order valence-electron chi connectivity index (χ1n) is 22.5. The molecule has 0 unspecified atom stereocenters. The molecule has 2 N–H and O–H groups in total. The fraction of sp³-hybridized carbons (Fsp3) is 0.689.